The molecule has 29 heavy (non-hydrogen) atoms. The number of hydrogen-bond donors (Lipinski definition) is 0. The molecule has 2 bridgehead atoms. The Hall–Kier alpha value is -3.00. The Morgan fingerprint density at radius 2 is 2.07 bits per heavy atom. The molecular weight excluding hydrogens is 373 g/mol. The van der Waals surface area contributed by atoms with Crippen LogP contribution >= 0.6 is 0 Å². The maximum atomic E-state index is 14.5. The van der Waals surface area contributed by atoms with Gasteiger partial charge < -0.3 is 9.64 Å². The average molecular weight is 395 g/mol. The fourth-order valence-corrected chi connectivity index (χ4v) is 4.46. The fourth-order valence-electron chi connectivity index (χ4n) is 4.46. The second-order valence-corrected chi connectivity index (χ2v) is 7.61. The first-order valence-corrected chi connectivity index (χ1v) is 9.85. The molecule has 0 saturated carbocycles. The van der Waals surface area contributed by atoms with E-state index in [4.69, 9.17) is 9.72 Å². The van der Waals surface area contributed by atoms with Crippen molar-refractivity contribution in [3.05, 3.63) is 47.9 Å². The van der Waals surface area contributed by atoms with Gasteiger partial charge in [-0.1, -0.05) is 12.1 Å². The van der Waals surface area contributed by atoms with Gasteiger partial charge >= 0.3 is 5.97 Å². The van der Waals surface area contributed by atoms with E-state index >= 15 is 0 Å². The van der Waals surface area contributed by atoms with E-state index in [9.17, 15) is 9.18 Å². The molecule has 2 atom stereocenters. The van der Waals surface area contributed by atoms with Crippen molar-refractivity contribution in [3.8, 4) is 11.3 Å². The van der Waals surface area contributed by atoms with Crippen LogP contribution in [0.1, 0.15) is 23.7 Å². The standard InChI is InChI=1S/C21H22FN5O2/c1-3-29-21(28)18-19(15-6-4-5-7-16(15)22)24-27-9-8-17(23-20(18)27)26-12-13-10-14(26)11-25(13)2/h4-9,13-14H,3,10-12H2,1-2H3/t13-,14-/m1/s1. The third kappa shape index (κ3) is 2.86. The molecule has 2 aromatic heterocycles. The van der Waals surface area contributed by atoms with Crippen molar-refractivity contribution in [3.63, 3.8) is 0 Å². The Morgan fingerprint density at radius 3 is 2.76 bits per heavy atom. The number of aromatic nitrogens is 3. The number of nitrogens with zero attached hydrogens (tertiary/aromatic N) is 5. The molecule has 0 N–H and O–H groups in total. The number of halogens is 1. The molecule has 3 aromatic rings. The Kier molecular flexibility index (Phi) is 4.24. The quantitative estimate of drug-likeness (QED) is 0.633. The summed E-state index contributed by atoms with van der Waals surface area (Å²) >= 11 is 0. The van der Waals surface area contributed by atoms with Gasteiger partial charge in [-0.3, -0.25) is 4.90 Å². The Bertz CT molecular complexity index is 1100. The number of anilines is 1. The number of benzene rings is 1. The molecule has 0 unspecified atom stereocenters. The van der Waals surface area contributed by atoms with Crippen LogP contribution in [0.4, 0.5) is 10.2 Å². The van der Waals surface area contributed by atoms with Gasteiger partial charge in [0.25, 0.3) is 0 Å². The molecular formula is C21H22FN5O2. The number of carbonyl (C=O) groups is 1. The minimum absolute atomic E-state index is 0.195. The monoisotopic (exact) mass is 395 g/mol. The Balaban J connectivity index is 1.64. The number of hydrogen-bond acceptors (Lipinski definition) is 6. The summed E-state index contributed by atoms with van der Waals surface area (Å²) in [5.41, 5.74) is 1.08. The molecule has 2 saturated heterocycles. The van der Waals surface area contributed by atoms with Gasteiger partial charge in [0.05, 0.1) is 6.61 Å². The van der Waals surface area contributed by atoms with Crippen molar-refractivity contribution in [1.82, 2.24) is 19.5 Å². The number of fused-ring (bicyclic) bond motifs is 3. The number of likely N-dealkylation sites (N-methyl/N-ethyl adjacent to an activating group) is 1. The molecule has 1 aromatic carbocycles. The summed E-state index contributed by atoms with van der Waals surface area (Å²) in [6.07, 6.45) is 2.90. The van der Waals surface area contributed by atoms with Crippen LogP contribution in [0.25, 0.3) is 16.9 Å². The molecule has 0 aliphatic carbocycles. The smallest absolute Gasteiger partial charge is 0.344 e. The van der Waals surface area contributed by atoms with E-state index in [-0.39, 0.29) is 23.4 Å². The number of carbonyl (C=O) groups excluding carboxylic acids is 1. The van der Waals surface area contributed by atoms with Crippen molar-refractivity contribution in [1.29, 1.82) is 0 Å². The molecule has 4 heterocycles. The Morgan fingerprint density at radius 1 is 1.24 bits per heavy atom. The number of esters is 1. The summed E-state index contributed by atoms with van der Waals surface area (Å²) in [4.78, 5) is 22.2. The average Bonchev–Trinajstić information content (AvgIpc) is 3.39. The van der Waals surface area contributed by atoms with E-state index in [1.807, 2.05) is 6.07 Å². The summed E-state index contributed by atoms with van der Waals surface area (Å²) in [5, 5.41) is 4.46. The minimum atomic E-state index is -0.548. The zero-order chi connectivity index (χ0) is 20.1. The first kappa shape index (κ1) is 18.1. The van der Waals surface area contributed by atoms with Crippen LogP contribution in [0.5, 0.6) is 0 Å². The van der Waals surface area contributed by atoms with Crippen LogP contribution in [0.15, 0.2) is 36.5 Å². The van der Waals surface area contributed by atoms with Crippen LogP contribution in [-0.2, 0) is 4.74 Å². The predicted octanol–water partition coefficient (Wildman–Crippen LogP) is 2.60. The van der Waals surface area contributed by atoms with Gasteiger partial charge in [0.1, 0.15) is 22.9 Å². The van der Waals surface area contributed by atoms with Crippen molar-refractivity contribution >= 4 is 17.4 Å². The minimum Gasteiger partial charge on any atom is -0.462 e. The lowest BCUT2D eigenvalue weighted by molar-refractivity contribution is 0.0529. The molecule has 150 valence electrons. The second kappa shape index (κ2) is 6.81. The van der Waals surface area contributed by atoms with Crippen molar-refractivity contribution in [2.24, 2.45) is 0 Å². The normalized spacial score (nSPS) is 21.3. The number of rotatable bonds is 4. The first-order chi connectivity index (χ1) is 14.1. The van der Waals surface area contributed by atoms with Crippen LogP contribution in [0.3, 0.4) is 0 Å². The van der Waals surface area contributed by atoms with E-state index < -0.39 is 11.8 Å². The number of likely N-dealkylation sites (tertiary alicyclic amines) is 1. The van der Waals surface area contributed by atoms with Gasteiger partial charge in [-0.05, 0) is 38.6 Å². The third-order valence-corrected chi connectivity index (χ3v) is 5.89. The van der Waals surface area contributed by atoms with Crippen LogP contribution in [0.2, 0.25) is 0 Å². The van der Waals surface area contributed by atoms with Gasteiger partial charge in [0.2, 0.25) is 0 Å². The van der Waals surface area contributed by atoms with E-state index in [1.165, 1.54) is 10.6 Å². The maximum Gasteiger partial charge on any atom is 0.344 e. The van der Waals surface area contributed by atoms with Gasteiger partial charge in [0, 0.05) is 36.9 Å². The lowest BCUT2D eigenvalue weighted by Crippen LogP contribution is -2.44. The van der Waals surface area contributed by atoms with E-state index in [0.29, 0.717) is 17.7 Å². The highest BCUT2D eigenvalue weighted by Gasteiger charge is 2.42. The van der Waals surface area contributed by atoms with Gasteiger partial charge in [-0.2, -0.15) is 5.10 Å². The highest BCUT2D eigenvalue weighted by molar-refractivity contribution is 6.02. The first-order valence-electron chi connectivity index (χ1n) is 9.85. The molecule has 0 radical (unpaired) electrons. The SMILES string of the molecule is CCOC(=O)c1c(-c2ccccc2F)nn2ccc(N3C[C@H]4C[C@@H]3CN4C)nc12. The van der Waals surface area contributed by atoms with Gasteiger partial charge in [0.15, 0.2) is 5.65 Å². The summed E-state index contributed by atoms with van der Waals surface area (Å²) in [5.74, 6) is -0.182. The van der Waals surface area contributed by atoms with Crippen molar-refractivity contribution in [2.45, 2.75) is 25.4 Å². The molecule has 2 aliphatic heterocycles. The summed E-state index contributed by atoms with van der Waals surface area (Å²) in [7, 11) is 2.15. The predicted molar refractivity (Wildman–Crippen MR) is 107 cm³/mol. The highest BCUT2D eigenvalue weighted by Crippen LogP contribution is 2.34. The largest absolute Gasteiger partial charge is 0.462 e. The molecule has 5 rings (SSSR count). The van der Waals surface area contributed by atoms with Gasteiger partial charge in [-0.25, -0.2) is 18.7 Å². The lowest BCUT2D eigenvalue weighted by Gasteiger charge is -2.32. The zero-order valence-electron chi connectivity index (χ0n) is 16.4. The Labute approximate surface area is 167 Å². The van der Waals surface area contributed by atoms with Gasteiger partial charge in [-0.15, -0.1) is 0 Å². The molecule has 2 fully saturated rings. The van der Waals surface area contributed by atoms with Crippen molar-refractivity contribution < 1.29 is 13.9 Å². The highest BCUT2D eigenvalue weighted by atomic mass is 19.1. The molecule has 0 amide bonds. The van der Waals surface area contributed by atoms with Crippen LogP contribution in [-0.4, -0.2) is 64.3 Å². The van der Waals surface area contributed by atoms with E-state index in [1.54, 1.807) is 31.3 Å². The maximum absolute atomic E-state index is 14.5. The van der Waals surface area contributed by atoms with Crippen LogP contribution in [0, 0.1) is 5.82 Å². The molecule has 7 nitrogen and oxygen atoms in total. The summed E-state index contributed by atoms with van der Waals surface area (Å²) in [6, 6.07) is 9.13. The van der Waals surface area contributed by atoms with E-state index in [0.717, 1.165) is 25.3 Å². The summed E-state index contributed by atoms with van der Waals surface area (Å²) < 4.78 is 21.2. The second-order valence-electron chi connectivity index (χ2n) is 7.61. The molecule has 8 heteroatoms. The third-order valence-electron chi connectivity index (χ3n) is 5.89. The topological polar surface area (TPSA) is 63.0 Å². The lowest BCUT2D eigenvalue weighted by atomic mass is 10.1. The number of piperazine rings is 1. The van der Waals surface area contributed by atoms with Crippen molar-refractivity contribution in [2.75, 3.05) is 31.6 Å². The van der Waals surface area contributed by atoms with E-state index in [2.05, 4.69) is 21.9 Å². The molecule has 2 aliphatic rings. The van der Waals surface area contributed by atoms with Crippen LogP contribution < -0.4 is 4.90 Å². The zero-order valence-corrected chi connectivity index (χ0v) is 16.4. The summed E-state index contributed by atoms with van der Waals surface area (Å²) in [6.45, 7) is 3.87. The number of ether oxygens (including phenoxy) is 1. The molecule has 0 spiro atoms. The fraction of sp³-hybridized carbons (Fsp3) is 0.381.